The fourth-order valence-corrected chi connectivity index (χ4v) is 0.600. The van der Waals surface area contributed by atoms with E-state index in [2.05, 4.69) is 17.9 Å². The number of nitrogens with zero attached hydrogens (tertiary/aromatic N) is 1. The maximum absolute atomic E-state index is 10.6. The summed E-state index contributed by atoms with van der Waals surface area (Å²) < 4.78 is 4.67. The van der Waals surface area contributed by atoms with E-state index in [1.54, 1.807) is 0 Å². The van der Waals surface area contributed by atoms with Gasteiger partial charge in [-0.25, -0.2) is 9.59 Å². The van der Waals surface area contributed by atoms with E-state index in [0.29, 0.717) is 6.42 Å². The Kier molecular flexibility index (Phi) is 10.6. The normalized spacial score (nSPS) is 9.94. The monoisotopic (exact) mass is 239 g/mol. The van der Waals surface area contributed by atoms with Crippen LogP contribution in [0.4, 0.5) is 0 Å². The van der Waals surface area contributed by atoms with Crippen LogP contribution in [0.2, 0.25) is 0 Å². The van der Waals surface area contributed by atoms with E-state index in [1.807, 2.05) is 13.0 Å². The van der Waals surface area contributed by atoms with Crippen molar-refractivity contribution in [2.75, 3.05) is 0 Å². The summed E-state index contributed by atoms with van der Waals surface area (Å²) >= 11 is 0. The molecule has 0 aliphatic rings. The summed E-state index contributed by atoms with van der Waals surface area (Å²) in [4.78, 5) is 20.2. The van der Waals surface area contributed by atoms with Crippen molar-refractivity contribution < 1.29 is 19.4 Å². The molecule has 0 aromatic carbocycles. The highest BCUT2D eigenvalue weighted by atomic mass is 16.5. The van der Waals surface area contributed by atoms with Crippen molar-refractivity contribution >= 4 is 11.9 Å². The first kappa shape index (κ1) is 17.3. The summed E-state index contributed by atoms with van der Waals surface area (Å²) in [5.41, 5.74) is 0.176. The number of carbonyl (C=O) groups is 2. The summed E-state index contributed by atoms with van der Waals surface area (Å²) in [7, 11) is 0. The van der Waals surface area contributed by atoms with Crippen LogP contribution in [0.25, 0.3) is 0 Å². The quantitative estimate of drug-likeness (QED) is 0.586. The summed E-state index contributed by atoms with van der Waals surface area (Å²) in [6.45, 7) is 9.75. The Hall–Kier alpha value is -2.09. The highest BCUT2D eigenvalue weighted by Gasteiger charge is 2.08. The van der Waals surface area contributed by atoms with Crippen molar-refractivity contribution in [3.63, 3.8) is 0 Å². The zero-order chi connectivity index (χ0) is 13.8. The molecule has 5 heteroatoms. The Morgan fingerprint density at radius 1 is 1.59 bits per heavy atom. The molecule has 0 rings (SSSR count). The number of hydrogen-bond donors (Lipinski definition) is 1. The molecule has 0 aliphatic heterocycles. The van der Waals surface area contributed by atoms with E-state index < -0.39 is 18.0 Å². The number of carbonyl (C=O) groups excluding carboxylic acids is 1. The molecule has 94 valence electrons. The molecule has 0 radical (unpaired) electrons. The van der Waals surface area contributed by atoms with Gasteiger partial charge in [-0.2, -0.15) is 5.26 Å². The molecule has 0 aromatic rings. The van der Waals surface area contributed by atoms with Gasteiger partial charge in [0, 0.05) is 11.6 Å². The van der Waals surface area contributed by atoms with E-state index in [9.17, 15) is 9.59 Å². The Balaban J connectivity index is 0. The molecule has 0 saturated heterocycles. The Labute approximate surface area is 101 Å². The maximum atomic E-state index is 10.6. The molecule has 0 amide bonds. The van der Waals surface area contributed by atoms with Gasteiger partial charge >= 0.3 is 11.9 Å². The third-order valence-electron chi connectivity index (χ3n) is 1.49. The van der Waals surface area contributed by atoms with E-state index in [1.165, 1.54) is 6.92 Å². The van der Waals surface area contributed by atoms with Gasteiger partial charge in [-0.3, -0.25) is 0 Å². The minimum absolute atomic E-state index is 0.176. The molecule has 1 atom stereocenters. The highest BCUT2D eigenvalue weighted by molar-refractivity contribution is 5.84. The van der Waals surface area contributed by atoms with Gasteiger partial charge in [-0.1, -0.05) is 26.5 Å². The van der Waals surface area contributed by atoms with E-state index in [0.717, 1.165) is 12.5 Å². The van der Waals surface area contributed by atoms with Gasteiger partial charge in [0.05, 0.1) is 0 Å². The van der Waals surface area contributed by atoms with Crippen molar-refractivity contribution in [1.82, 2.24) is 0 Å². The van der Waals surface area contributed by atoms with Crippen LogP contribution in [0.3, 0.4) is 0 Å². The van der Waals surface area contributed by atoms with Crippen LogP contribution in [-0.4, -0.2) is 23.1 Å². The van der Waals surface area contributed by atoms with E-state index >= 15 is 0 Å². The lowest BCUT2D eigenvalue weighted by atomic mass is 10.2. The molecule has 0 aromatic heterocycles. The lowest BCUT2D eigenvalue weighted by molar-refractivity contribution is -0.140. The number of nitriles is 1. The first-order chi connectivity index (χ1) is 7.88. The number of hydrogen-bond acceptors (Lipinski definition) is 4. The van der Waals surface area contributed by atoms with Crippen LogP contribution in [0.1, 0.15) is 26.7 Å². The Bertz CT molecular complexity index is 316. The van der Waals surface area contributed by atoms with Crippen molar-refractivity contribution in [3.05, 3.63) is 24.8 Å². The predicted octanol–water partition coefficient (Wildman–Crippen LogP) is 2.05. The smallest absolute Gasteiger partial charge is 0.331 e. The van der Waals surface area contributed by atoms with Gasteiger partial charge in [-0.05, 0) is 13.3 Å². The highest BCUT2D eigenvalue weighted by Crippen LogP contribution is 2.00. The second kappa shape index (κ2) is 10.4. The van der Waals surface area contributed by atoms with Gasteiger partial charge < -0.3 is 9.84 Å². The van der Waals surface area contributed by atoms with Crippen LogP contribution < -0.4 is 0 Å². The summed E-state index contributed by atoms with van der Waals surface area (Å²) in [5, 5.41) is 16.3. The SMILES string of the molecule is C=C(C)C(=O)O.C=CC(=O)OC(C#N)CCC. The third-order valence-corrected chi connectivity index (χ3v) is 1.49. The van der Waals surface area contributed by atoms with E-state index in [4.69, 9.17) is 10.4 Å². The van der Waals surface area contributed by atoms with Gasteiger partial charge in [0.1, 0.15) is 6.07 Å². The summed E-state index contributed by atoms with van der Waals surface area (Å²) in [6, 6.07) is 1.88. The Morgan fingerprint density at radius 3 is 2.29 bits per heavy atom. The van der Waals surface area contributed by atoms with Crippen molar-refractivity contribution in [1.29, 1.82) is 5.26 Å². The van der Waals surface area contributed by atoms with E-state index in [-0.39, 0.29) is 5.57 Å². The lowest BCUT2D eigenvalue weighted by Gasteiger charge is -2.06. The topological polar surface area (TPSA) is 87.4 Å². The summed E-state index contributed by atoms with van der Waals surface area (Å²) in [5.74, 6) is -1.47. The zero-order valence-electron chi connectivity index (χ0n) is 10.1. The van der Waals surface area contributed by atoms with Crippen molar-refractivity contribution in [2.45, 2.75) is 32.8 Å². The second-order valence-corrected chi connectivity index (χ2v) is 3.13. The van der Waals surface area contributed by atoms with Crippen LogP contribution in [0.15, 0.2) is 24.8 Å². The molecule has 0 aliphatic carbocycles. The molecule has 1 unspecified atom stereocenters. The average molecular weight is 239 g/mol. The number of rotatable bonds is 5. The minimum atomic E-state index is -0.935. The van der Waals surface area contributed by atoms with Crippen LogP contribution >= 0.6 is 0 Å². The van der Waals surface area contributed by atoms with Crippen molar-refractivity contribution in [2.24, 2.45) is 0 Å². The molecule has 0 heterocycles. The number of carboxylic acids is 1. The standard InChI is InChI=1S/C8H11NO2.C4H6O2/c1-3-5-7(6-9)11-8(10)4-2;1-3(2)4(5)6/h4,7H,2-3,5H2,1H3;1H2,2H3,(H,5,6). The molecule has 0 bridgehead atoms. The number of aliphatic carboxylic acids is 1. The molecule has 5 nitrogen and oxygen atoms in total. The van der Waals surface area contributed by atoms with Crippen LogP contribution in [0, 0.1) is 11.3 Å². The molecule has 1 N–H and O–H groups in total. The fourth-order valence-electron chi connectivity index (χ4n) is 0.600. The summed E-state index contributed by atoms with van der Waals surface area (Å²) in [6.07, 6.45) is 1.84. The first-order valence-electron chi connectivity index (χ1n) is 5.00. The van der Waals surface area contributed by atoms with Crippen LogP contribution in [0.5, 0.6) is 0 Å². The first-order valence-corrected chi connectivity index (χ1v) is 5.00. The average Bonchev–Trinajstić information content (AvgIpc) is 2.28. The molecular weight excluding hydrogens is 222 g/mol. The molecule has 0 saturated carbocycles. The molecule has 17 heavy (non-hydrogen) atoms. The van der Waals surface area contributed by atoms with Gasteiger partial charge in [0.15, 0.2) is 6.10 Å². The largest absolute Gasteiger partial charge is 0.478 e. The van der Waals surface area contributed by atoms with Gasteiger partial charge in [0.2, 0.25) is 0 Å². The minimum Gasteiger partial charge on any atom is -0.478 e. The van der Waals surface area contributed by atoms with Crippen LogP contribution in [-0.2, 0) is 14.3 Å². The van der Waals surface area contributed by atoms with Gasteiger partial charge in [0.25, 0.3) is 0 Å². The maximum Gasteiger partial charge on any atom is 0.331 e. The number of carboxylic acid groups (broad SMARTS) is 1. The third kappa shape index (κ3) is 11.8. The lowest BCUT2D eigenvalue weighted by Crippen LogP contribution is -2.13. The predicted molar refractivity (Wildman–Crippen MR) is 63.0 cm³/mol. The Morgan fingerprint density at radius 2 is 2.06 bits per heavy atom. The molecular formula is C12H17NO4. The fraction of sp³-hybridized carbons (Fsp3) is 0.417. The number of ether oxygens (including phenoxy) is 1. The van der Waals surface area contributed by atoms with Crippen molar-refractivity contribution in [3.8, 4) is 6.07 Å². The molecule has 0 fully saturated rings. The molecule has 0 spiro atoms. The second-order valence-electron chi connectivity index (χ2n) is 3.13. The number of esters is 1. The van der Waals surface area contributed by atoms with Gasteiger partial charge in [-0.15, -0.1) is 0 Å². The zero-order valence-corrected chi connectivity index (χ0v) is 10.1.